The number of pyridine rings is 1. The van der Waals surface area contributed by atoms with Crippen molar-refractivity contribution in [3.8, 4) is 6.07 Å². The molecule has 1 aliphatic heterocycles. The normalized spacial score (nSPS) is 17.6. The summed E-state index contributed by atoms with van der Waals surface area (Å²) in [5.74, 6) is 1.40. The van der Waals surface area contributed by atoms with Crippen LogP contribution in [0.2, 0.25) is 0 Å². The first kappa shape index (κ1) is 16.0. The molecule has 1 amide bonds. The van der Waals surface area contributed by atoms with Gasteiger partial charge in [-0.1, -0.05) is 0 Å². The van der Waals surface area contributed by atoms with Crippen molar-refractivity contribution in [3.63, 3.8) is 0 Å². The summed E-state index contributed by atoms with van der Waals surface area (Å²) in [6.45, 7) is 5.24. The fourth-order valence-corrected chi connectivity index (χ4v) is 3.02. The number of aromatic nitrogens is 3. The highest BCUT2D eigenvalue weighted by Crippen LogP contribution is 2.23. The van der Waals surface area contributed by atoms with Crippen molar-refractivity contribution < 1.29 is 4.79 Å². The molecule has 124 valence electrons. The Morgan fingerprint density at radius 1 is 1.46 bits per heavy atom. The smallest absolute Gasteiger partial charge is 0.250 e. The molecule has 0 bridgehead atoms. The Bertz CT molecular complexity index is 791. The van der Waals surface area contributed by atoms with Gasteiger partial charge in [-0.3, -0.25) is 9.69 Å². The molecule has 3 rings (SSSR count). The number of amides is 1. The minimum atomic E-state index is -0.347. The number of anilines is 2. The Morgan fingerprint density at radius 2 is 2.29 bits per heavy atom. The van der Waals surface area contributed by atoms with Crippen LogP contribution in [0, 0.1) is 18.3 Å². The molecule has 1 N–H and O–H groups in total. The van der Waals surface area contributed by atoms with Crippen LogP contribution >= 0.6 is 0 Å². The van der Waals surface area contributed by atoms with Crippen molar-refractivity contribution in [1.82, 2.24) is 14.8 Å². The van der Waals surface area contributed by atoms with Gasteiger partial charge in [-0.05, 0) is 38.8 Å². The molecule has 1 saturated heterocycles. The van der Waals surface area contributed by atoms with E-state index in [4.69, 9.17) is 5.26 Å². The Morgan fingerprint density at radius 3 is 3.04 bits per heavy atom. The predicted molar refractivity (Wildman–Crippen MR) is 90.6 cm³/mol. The summed E-state index contributed by atoms with van der Waals surface area (Å²) in [5.41, 5.74) is 1.29. The van der Waals surface area contributed by atoms with Crippen LogP contribution in [-0.2, 0) is 11.3 Å². The second-order valence-corrected chi connectivity index (χ2v) is 5.83. The first-order chi connectivity index (χ1) is 11.6. The van der Waals surface area contributed by atoms with Gasteiger partial charge >= 0.3 is 0 Å². The van der Waals surface area contributed by atoms with E-state index in [0.717, 1.165) is 30.9 Å². The van der Waals surface area contributed by atoms with Gasteiger partial charge in [0.15, 0.2) is 0 Å². The van der Waals surface area contributed by atoms with Crippen molar-refractivity contribution in [3.05, 3.63) is 35.7 Å². The first-order valence-corrected chi connectivity index (χ1v) is 8.11. The molecule has 0 aliphatic carbocycles. The van der Waals surface area contributed by atoms with E-state index in [0.29, 0.717) is 17.9 Å². The Balaban J connectivity index is 1.81. The highest BCUT2D eigenvalue weighted by molar-refractivity contribution is 5.98. The van der Waals surface area contributed by atoms with Gasteiger partial charge in [-0.25, -0.2) is 9.67 Å². The zero-order valence-corrected chi connectivity index (χ0v) is 13.9. The molecule has 1 fully saturated rings. The summed E-state index contributed by atoms with van der Waals surface area (Å²) < 4.78 is 1.82. The molecule has 7 nitrogen and oxygen atoms in total. The monoisotopic (exact) mass is 324 g/mol. The number of rotatable bonds is 4. The molecule has 24 heavy (non-hydrogen) atoms. The van der Waals surface area contributed by atoms with E-state index >= 15 is 0 Å². The first-order valence-electron chi connectivity index (χ1n) is 8.11. The van der Waals surface area contributed by atoms with E-state index in [1.807, 2.05) is 24.6 Å². The number of hydrogen-bond acceptors (Lipinski definition) is 5. The molecular formula is C17H20N6O. The van der Waals surface area contributed by atoms with Gasteiger partial charge in [0.25, 0.3) is 5.91 Å². The third kappa shape index (κ3) is 3.08. The van der Waals surface area contributed by atoms with Crippen LogP contribution in [0.25, 0.3) is 0 Å². The van der Waals surface area contributed by atoms with Gasteiger partial charge in [-0.15, -0.1) is 0 Å². The maximum absolute atomic E-state index is 12.9. The maximum Gasteiger partial charge on any atom is 0.250 e. The summed E-state index contributed by atoms with van der Waals surface area (Å²) in [4.78, 5) is 19.0. The fourth-order valence-electron chi connectivity index (χ4n) is 3.02. The number of nitriles is 1. The van der Waals surface area contributed by atoms with Crippen molar-refractivity contribution >= 4 is 17.5 Å². The van der Waals surface area contributed by atoms with E-state index in [-0.39, 0.29) is 11.9 Å². The van der Waals surface area contributed by atoms with E-state index in [9.17, 15) is 4.79 Å². The highest BCUT2D eigenvalue weighted by atomic mass is 16.2. The molecular weight excluding hydrogens is 304 g/mol. The van der Waals surface area contributed by atoms with E-state index in [1.54, 1.807) is 23.2 Å². The third-order valence-electron chi connectivity index (χ3n) is 4.11. The minimum Gasteiger partial charge on any atom is -0.358 e. The number of hydrogen-bond donors (Lipinski definition) is 1. The maximum atomic E-state index is 12.9. The van der Waals surface area contributed by atoms with E-state index < -0.39 is 0 Å². The van der Waals surface area contributed by atoms with Crippen LogP contribution < -0.4 is 10.2 Å². The summed E-state index contributed by atoms with van der Waals surface area (Å²) in [6.07, 6.45) is 3.35. The molecule has 2 aromatic heterocycles. The van der Waals surface area contributed by atoms with E-state index in [1.165, 1.54) is 0 Å². The number of nitrogens with one attached hydrogen (secondary N) is 1. The van der Waals surface area contributed by atoms with Crippen LogP contribution in [0.1, 0.15) is 31.0 Å². The minimum absolute atomic E-state index is 0.0123. The van der Waals surface area contributed by atoms with Crippen molar-refractivity contribution in [2.24, 2.45) is 0 Å². The molecule has 0 radical (unpaired) electrons. The van der Waals surface area contributed by atoms with Crippen LogP contribution in [-0.4, -0.2) is 33.3 Å². The fraction of sp³-hybridized carbons (Fsp3) is 0.412. The third-order valence-corrected chi connectivity index (χ3v) is 4.11. The van der Waals surface area contributed by atoms with Gasteiger partial charge in [0.1, 0.15) is 17.7 Å². The molecule has 1 unspecified atom stereocenters. The topological polar surface area (TPSA) is 86.8 Å². The van der Waals surface area contributed by atoms with Gasteiger partial charge in [-0.2, -0.15) is 10.4 Å². The number of carbonyl (C=O) groups excluding carboxylic acids is 1. The molecule has 0 aromatic carbocycles. The van der Waals surface area contributed by atoms with Crippen LogP contribution in [0.15, 0.2) is 24.4 Å². The average Bonchev–Trinajstić information content (AvgIpc) is 3.04. The SMILES string of the molecule is CCn1nccc1N1CCCC(Nc2cc(C#N)cc(C)n2)C1=O. The number of aryl methyl sites for hydroxylation is 2. The lowest BCUT2D eigenvalue weighted by Gasteiger charge is -2.32. The van der Waals surface area contributed by atoms with Crippen molar-refractivity contribution in [2.45, 2.75) is 39.3 Å². The Hall–Kier alpha value is -2.88. The highest BCUT2D eigenvalue weighted by Gasteiger charge is 2.31. The Kier molecular flexibility index (Phi) is 4.47. The second-order valence-electron chi connectivity index (χ2n) is 5.83. The van der Waals surface area contributed by atoms with Gasteiger partial charge in [0.05, 0.1) is 17.8 Å². The summed E-state index contributed by atoms with van der Waals surface area (Å²) >= 11 is 0. The van der Waals surface area contributed by atoms with Crippen molar-refractivity contribution in [2.75, 3.05) is 16.8 Å². The number of carbonyl (C=O) groups is 1. The quantitative estimate of drug-likeness (QED) is 0.930. The Labute approximate surface area is 140 Å². The van der Waals surface area contributed by atoms with Crippen molar-refractivity contribution in [1.29, 1.82) is 5.26 Å². The molecule has 0 saturated carbocycles. The van der Waals surface area contributed by atoms with Gasteiger partial charge in [0, 0.05) is 24.8 Å². The molecule has 1 atom stereocenters. The zero-order valence-electron chi connectivity index (χ0n) is 13.9. The molecule has 0 spiro atoms. The van der Waals surface area contributed by atoms with Crippen LogP contribution in [0.3, 0.4) is 0 Å². The summed E-state index contributed by atoms with van der Waals surface area (Å²) in [6, 6.07) is 7.03. The summed E-state index contributed by atoms with van der Waals surface area (Å²) in [7, 11) is 0. The second kappa shape index (κ2) is 6.71. The largest absolute Gasteiger partial charge is 0.358 e. The molecule has 7 heteroatoms. The number of piperidine rings is 1. The van der Waals surface area contributed by atoms with Gasteiger partial charge in [0.2, 0.25) is 0 Å². The van der Waals surface area contributed by atoms with Gasteiger partial charge < -0.3 is 5.32 Å². The standard InChI is InChI=1S/C17H20N6O/c1-3-23-16(6-7-19-23)22-8-4-5-14(17(22)24)21-15-10-13(11-18)9-12(2)20-15/h6-7,9-10,14H,3-5,8H2,1-2H3,(H,20,21). The molecule has 1 aliphatic rings. The zero-order chi connectivity index (χ0) is 17.1. The lowest BCUT2D eigenvalue weighted by atomic mass is 10.0. The molecule has 3 heterocycles. The molecule has 2 aromatic rings. The van der Waals surface area contributed by atoms with Crippen LogP contribution in [0.5, 0.6) is 0 Å². The summed E-state index contributed by atoms with van der Waals surface area (Å²) in [5, 5.41) is 16.5. The van der Waals surface area contributed by atoms with Crippen LogP contribution in [0.4, 0.5) is 11.6 Å². The van der Waals surface area contributed by atoms with E-state index in [2.05, 4.69) is 21.5 Å². The lowest BCUT2D eigenvalue weighted by Crippen LogP contribution is -2.48. The lowest BCUT2D eigenvalue weighted by molar-refractivity contribution is -0.120. The average molecular weight is 324 g/mol. The number of nitrogens with zero attached hydrogens (tertiary/aromatic N) is 5. The predicted octanol–water partition coefficient (Wildman–Crippen LogP) is 2.09.